The molecule has 1 aromatic rings. The molecule has 0 aliphatic rings. The van der Waals surface area contributed by atoms with Gasteiger partial charge in [0, 0.05) is 13.0 Å². The Morgan fingerprint density at radius 1 is 1.46 bits per heavy atom. The second-order valence-corrected chi connectivity index (χ2v) is 3.97. The van der Waals surface area contributed by atoms with E-state index in [2.05, 4.69) is 20.8 Å². The lowest BCUT2D eigenvalue weighted by atomic mass is 10.2. The number of hydrogen-bond donors (Lipinski definition) is 0. The lowest BCUT2D eigenvalue weighted by molar-refractivity contribution is -0.00125. The first-order valence-corrected chi connectivity index (χ1v) is 4.58. The minimum Gasteiger partial charge on any atom is -0.469 e. The fourth-order valence-electron chi connectivity index (χ4n) is 0.974. The van der Waals surface area contributed by atoms with Crippen molar-refractivity contribution in [2.45, 2.75) is 32.8 Å². The highest BCUT2D eigenvalue weighted by atomic mass is 16.5. The van der Waals surface area contributed by atoms with Crippen LogP contribution in [0.3, 0.4) is 0 Å². The minimum absolute atomic E-state index is 0.0446. The Kier molecular flexibility index (Phi) is 3.55. The Morgan fingerprint density at radius 2 is 2.23 bits per heavy atom. The Balaban J connectivity index is 2.09. The molecular formula is C11H17O2. The fourth-order valence-corrected chi connectivity index (χ4v) is 0.974. The van der Waals surface area contributed by atoms with E-state index in [4.69, 9.17) is 9.15 Å². The molecule has 13 heavy (non-hydrogen) atoms. The van der Waals surface area contributed by atoms with Crippen LogP contribution in [0.15, 0.2) is 22.8 Å². The number of rotatable bonds is 4. The van der Waals surface area contributed by atoms with Gasteiger partial charge in [0.25, 0.3) is 0 Å². The molecule has 0 amide bonds. The van der Waals surface area contributed by atoms with Crippen LogP contribution in [0.1, 0.15) is 33.0 Å². The molecule has 0 saturated heterocycles. The molecule has 1 heterocycles. The molecule has 0 N–H and O–H groups in total. The van der Waals surface area contributed by atoms with Gasteiger partial charge in [0.05, 0.1) is 11.9 Å². The van der Waals surface area contributed by atoms with Gasteiger partial charge >= 0.3 is 0 Å². The van der Waals surface area contributed by atoms with Gasteiger partial charge in [0.15, 0.2) is 0 Å². The van der Waals surface area contributed by atoms with Gasteiger partial charge in [-0.05, 0) is 39.3 Å². The summed E-state index contributed by atoms with van der Waals surface area (Å²) in [6.45, 7) is 6.91. The van der Waals surface area contributed by atoms with Gasteiger partial charge in [-0.2, -0.15) is 0 Å². The second kappa shape index (κ2) is 4.47. The van der Waals surface area contributed by atoms with E-state index in [1.807, 2.05) is 18.6 Å². The number of furan rings is 1. The Bertz CT molecular complexity index is 219. The summed E-state index contributed by atoms with van der Waals surface area (Å²) in [6.07, 6.45) is 4.60. The third kappa shape index (κ3) is 4.73. The van der Waals surface area contributed by atoms with Gasteiger partial charge in [-0.25, -0.2) is 0 Å². The van der Waals surface area contributed by atoms with Crippen LogP contribution >= 0.6 is 0 Å². The van der Waals surface area contributed by atoms with Crippen molar-refractivity contribution >= 4 is 0 Å². The molecule has 73 valence electrons. The van der Waals surface area contributed by atoms with Crippen LogP contribution in [0.5, 0.6) is 0 Å². The van der Waals surface area contributed by atoms with Crippen LogP contribution in [0.25, 0.3) is 0 Å². The van der Waals surface area contributed by atoms with Crippen molar-refractivity contribution < 1.29 is 9.15 Å². The highest BCUT2D eigenvalue weighted by molar-refractivity contribution is 5.08. The monoisotopic (exact) mass is 181 g/mol. The van der Waals surface area contributed by atoms with E-state index < -0.39 is 0 Å². The molecule has 0 fully saturated rings. The van der Waals surface area contributed by atoms with Gasteiger partial charge in [0.2, 0.25) is 0 Å². The summed E-state index contributed by atoms with van der Waals surface area (Å²) in [4.78, 5) is 0. The predicted octanol–water partition coefficient (Wildman–Crippen LogP) is 3.04. The van der Waals surface area contributed by atoms with E-state index in [0.29, 0.717) is 0 Å². The maximum atomic E-state index is 5.55. The van der Waals surface area contributed by atoms with Crippen molar-refractivity contribution in [2.24, 2.45) is 0 Å². The minimum atomic E-state index is -0.0446. The van der Waals surface area contributed by atoms with E-state index in [9.17, 15) is 0 Å². The number of ether oxygens (including phenoxy) is 1. The quantitative estimate of drug-likeness (QED) is 0.666. The van der Waals surface area contributed by atoms with E-state index in [-0.39, 0.29) is 5.60 Å². The zero-order valence-electron chi connectivity index (χ0n) is 8.54. The van der Waals surface area contributed by atoms with Gasteiger partial charge in [-0.3, -0.25) is 0 Å². The molecular weight excluding hydrogens is 164 g/mol. The van der Waals surface area contributed by atoms with Gasteiger partial charge in [0.1, 0.15) is 5.76 Å². The molecule has 1 radical (unpaired) electrons. The SMILES string of the molecule is CC(C)(C)OCC[CH]c1ccco1. The van der Waals surface area contributed by atoms with Crippen LogP contribution in [-0.2, 0) is 4.74 Å². The summed E-state index contributed by atoms with van der Waals surface area (Å²) in [5.74, 6) is 0.914. The molecule has 0 aliphatic carbocycles. The van der Waals surface area contributed by atoms with Crippen LogP contribution < -0.4 is 0 Å². The van der Waals surface area contributed by atoms with Crippen LogP contribution in [0.4, 0.5) is 0 Å². The molecule has 1 aromatic heterocycles. The highest BCUT2D eigenvalue weighted by Crippen LogP contribution is 2.10. The van der Waals surface area contributed by atoms with Gasteiger partial charge in [-0.15, -0.1) is 0 Å². The first kappa shape index (κ1) is 10.3. The summed E-state index contributed by atoms with van der Waals surface area (Å²) in [7, 11) is 0. The average molecular weight is 181 g/mol. The molecule has 0 unspecified atom stereocenters. The Morgan fingerprint density at radius 3 is 2.77 bits per heavy atom. The molecule has 2 heteroatoms. The van der Waals surface area contributed by atoms with E-state index >= 15 is 0 Å². The lowest BCUT2D eigenvalue weighted by Gasteiger charge is -2.18. The van der Waals surface area contributed by atoms with Gasteiger partial charge < -0.3 is 9.15 Å². The summed E-state index contributed by atoms with van der Waals surface area (Å²) in [6, 6.07) is 3.83. The second-order valence-electron chi connectivity index (χ2n) is 3.97. The molecule has 1 rings (SSSR count). The fraction of sp³-hybridized carbons (Fsp3) is 0.545. The van der Waals surface area contributed by atoms with Crippen LogP contribution in [0.2, 0.25) is 0 Å². The number of hydrogen-bond acceptors (Lipinski definition) is 2. The van der Waals surface area contributed by atoms with Crippen molar-refractivity contribution in [3.63, 3.8) is 0 Å². The summed E-state index contributed by atoms with van der Waals surface area (Å²) >= 11 is 0. The van der Waals surface area contributed by atoms with E-state index in [1.165, 1.54) is 0 Å². The standard InChI is InChI=1S/C11H17O2/c1-11(2,3)13-9-5-7-10-6-4-8-12-10/h4,6-8H,5,9H2,1-3H3. The third-order valence-corrected chi connectivity index (χ3v) is 1.54. The normalized spacial score (nSPS) is 11.9. The van der Waals surface area contributed by atoms with Crippen molar-refractivity contribution in [1.29, 1.82) is 0 Å². The summed E-state index contributed by atoms with van der Waals surface area (Å²) in [5.41, 5.74) is -0.0446. The molecule has 0 bridgehead atoms. The molecule has 2 nitrogen and oxygen atoms in total. The summed E-state index contributed by atoms with van der Waals surface area (Å²) in [5, 5.41) is 0. The topological polar surface area (TPSA) is 22.4 Å². The van der Waals surface area contributed by atoms with Crippen molar-refractivity contribution in [1.82, 2.24) is 0 Å². The highest BCUT2D eigenvalue weighted by Gasteiger charge is 2.09. The smallest absolute Gasteiger partial charge is 0.107 e. The zero-order valence-corrected chi connectivity index (χ0v) is 8.54. The first-order valence-electron chi connectivity index (χ1n) is 4.58. The van der Waals surface area contributed by atoms with Crippen molar-refractivity contribution in [3.05, 3.63) is 30.6 Å². The van der Waals surface area contributed by atoms with E-state index in [0.717, 1.165) is 18.8 Å². The van der Waals surface area contributed by atoms with Crippen molar-refractivity contribution in [2.75, 3.05) is 6.61 Å². The maximum Gasteiger partial charge on any atom is 0.107 e. The van der Waals surface area contributed by atoms with Gasteiger partial charge in [-0.1, -0.05) is 0 Å². The molecule has 0 spiro atoms. The zero-order chi connectivity index (χ0) is 9.73. The van der Waals surface area contributed by atoms with Crippen LogP contribution in [-0.4, -0.2) is 12.2 Å². The van der Waals surface area contributed by atoms with Crippen molar-refractivity contribution in [3.8, 4) is 0 Å². The first-order chi connectivity index (χ1) is 6.08. The Labute approximate surface area is 79.9 Å². The lowest BCUT2D eigenvalue weighted by Crippen LogP contribution is -2.19. The predicted molar refractivity (Wildman–Crippen MR) is 52.4 cm³/mol. The average Bonchev–Trinajstić information content (AvgIpc) is 2.48. The largest absolute Gasteiger partial charge is 0.469 e. The Hall–Kier alpha value is -0.760. The third-order valence-electron chi connectivity index (χ3n) is 1.54. The molecule has 0 atom stereocenters. The molecule has 0 saturated carbocycles. The molecule has 0 aromatic carbocycles. The molecule has 0 aliphatic heterocycles. The maximum absolute atomic E-state index is 5.55. The van der Waals surface area contributed by atoms with E-state index in [1.54, 1.807) is 6.26 Å². The van der Waals surface area contributed by atoms with Crippen LogP contribution in [0, 0.1) is 6.42 Å². The summed E-state index contributed by atoms with van der Waals surface area (Å²) < 4.78 is 10.7.